The molecule has 2 unspecified atom stereocenters. The zero-order valence-corrected chi connectivity index (χ0v) is 15.2. The fourth-order valence-corrected chi connectivity index (χ4v) is 3.65. The van der Waals surface area contributed by atoms with Crippen LogP contribution >= 0.6 is 0 Å². The van der Waals surface area contributed by atoms with E-state index in [1.165, 1.54) is 16.7 Å². The van der Waals surface area contributed by atoms with Gasteiger partial charge in [0.05, 0.1) is 0 Å². The number of rotatable bonds is 4. The molecule has 1 heterocycles. The van der Waals surface area contributed by atoms with Crippen molar-refractivity contribution in [1.82, 2.24) is 9.80 Å². The maximum absolute atomic E-state index is 6.10. The Bertz CT molecular complexity index is 500. The Balaban J connectivity index is 2.53. The van der Waals surface area contributed by atoms with Gasteiger partial charge < -0.3 is 5.73 Å². The molecule has 2 atom stereocenters. The van der Waals surface area contributed by atoms with Gasteiger partial charge in [0.1, 0.15) is 0 Å². The van der Waals surface area contributed by atoms with Crippen molar-refractivity contribution in [2.75, 3.05) is 33.2 Å². The van der Waals surface area contributed by atoms with Crippen LogP contribution in [-0.2, 0) is 5.41 Å². The Morgan fingerprint density at radius 1 is 1.18 bits per heavy atom. The molecule has 0 aromatic heterocycles. The van der Waals surface area contributed by atoms with E-state index in [2.05, 4.69) is 69.7 Å². The van der Waals surface area contributed by atoms with Crippen LogP contribution in [0.25, 0.3) is 0 Å². The lowest BCUT2D eigenvalue weighted by Gasteiger charge is -2.43. The van der Waals surface area contributed by atoms with Crippen molar-refractivity contribution in [3.8, 4) is 0 Å². The predicted molar refractivity (Wildman–Crippen MR) is 95.2 cm³/mol. The van der Waals surface area contributed by atoms with Crippen molar-refractivity contribution < 1.29 is 0 Å². The van der Waals surface area contributed by atoms with Crippen LogP contribution in [0.3, 0.4) is 0 Å². The largest absolute Gasteiger partial charge is 0.329 e. The summed E-state index contributed by atoms with van der Waals surface area (Å²) < 4.78 is 0. The molecular formula is C19H33N3. The lowest BCUT2D eigenvalue weighted by Crippen LogP contribution is -2.44. The topological polar surface area (TPSA) is 32.5 Å². The second-order valence-corrected chi connectivity index (χ2v) is 7.52. The minimum atomic E-state index is 0.175. The molecule has 0 spiro atoms. The van der Waals surface area contributed by atoms with Crippen LogP contribution in [0.4, 0.5) is 0 Å². The van der Waals surface area contributed by atoms with Crippen LogP contribution in [0.1, 0.15) is 63.4 Å². The fourth-order valence-electron chi connectivity index (χ4n) is 3.65. The van der Waals surface area contributed by atoms with Crippen molar-refractivity contribution >= 4 is 0 Å². The number of hydrogen-bond donors (Lipinski definition) is 1. The standard InChI is InChI=1S/C19H33N3/c1-7-22(8-2)18-13-21(6)17(12-20)16-11-14(19(3,4)5)9-10-15(16)18/h9-11,17-18H,7-8,12-13,20H2,1-6H3. The lowest BCUT2D eigenvalue weighted by atomic mass is 9.81. The molecular weight excluding hydrogens is 270 g/mol. The van der Waals surface area contributed by atoms with Gasteiger partial charge in [-0.25, -0.2) is 0 Å². The van der Waals surface area contributed by atoms with Gasteiger partial charge in [-0.15, -0.1) is 0 Å². The zero-order valence-electron chi connectivity index (χ0n) is 15.2. The van der Waals surface area contributed by atoms with Crippen LogP contribution in [0.5, 0.6) is 0 Å². The molecule has 0 saturated carbocycles. The average molecular weight is 303 g/mol. The van der Waals surface area contributed by atoms with E-state index in [1.807, 2.05) is 0 Å². The van der Waals surface area contributed by atoms with E-state index in [4.69, 9.17) is 5.73 Å². The summed E-state index contributed by atoms with van der Waals surface area (Å²) in [6.45, 7) is 15.3. The molecule has 0 aliphatic carbocycles. The third-order valence-electron chi connectivity index (χ3n) is 5.14. The Morgan fingerprint density at radius 3 is 2.32 bits per heavy atom. The summed E-state index contributed by atoms with van der Waals surface area (Å²) in [5.41, 5.74) is 10.6. The fraction of sp³-hybridized carbons (Fsp3) is 0.684. The summed E-state index contributed by atoms with van der Waals surface area (Å²) in [4.78, 5) is 4.98. The van der Waals surface area contributed by atoms with E-state index in [9.17, 15) is 0 Å². The third-order valence-corrected chi connectivity index (χ3v) is 5.14. The molecule has 1 aromatic rings. The van der Waals surface area contributed by atoms with Gasteiger partial charge in [0.15, 0.2) is 0 Å². The Kier molecular flexibility index (Phi) is 5.31. The molecule has 2 N–H and O–H groups in total. The minimum Gasteiger partial charge on any atom is -0.329 e. The molecule has 0 fully saturated rings. The van der Waals surface area contributed by atoms with Gasteiger partial charge in [0, 0.05) is 25.2 Å². The van der Waals surface area contributed by atoms with Crippen molar-refractivity contribution in [1.29, 1.82) is 0 Å². The lowest BCUT2D eigenvalue weighted by molar-refractivity contribution is 0.120. The highest BCUT2D eigenvalue weighted by molar-refractivity contribution is 5.41. The summed E-state index contributed by atoms with van der Waals surface area (Å²) >= 11 is 0. The van der Waals surface area contributed by atoms with Crippen LogP contribution in [0.15, 0.2) is 18.2 Å². The number of likely N-dealkylation sites (N-methyl/N-ethyl adjacent to an activating group) is 2. The zero-order chi connectivity index (χ0) is 16.5. The van der Waals surface area contributed by atoms with E-state index in [0.29, 0.717) is 18.6 Å². The second kappa shape index (κ2) is 6.69. The van der Waals surface area contributed by atoms with E-state index in [0.717, 1.165) is 19.6 Å². The predicted octanol–water partition coefficient (Wildman–Crippen LogP) is 3.31. The molecule has 1 aromatic carbocycles. The van der Waals surface area contributed by atoms with E-state index >= 15 is 0 Å². The minimum absolute atomic E-state index is 0.175. The van der Waals surface area contributed by atoms with Gasteiger partial charge in [-0.3, -0.25) is 9.80 Å². The number of nitrogens with two attached hydrogens (primary N) is 1. The summed E-state index contributed by atoms with van der Waals surface area (Å²) in [5.74, 6) is 0. The van der Waals surface area contributed by atoms with Crippen LogP contribution in [0.2, 0.25) is 0 Å². The highest BCUT2D eigenvalue weighted by Crippen LogP contribution is 2.38. The summed E-state index contributed by atoms with van der Waals surface area (Å²) in [7, 11) is 2.21. The van der Waals surface area contributed by atoms with Gasteiger partial charge in [-0.1, -0.05) is 52.8 Å². The van der Waals surface area contributed by atoms with Crippen molar-refractivity contribution in [2.24, 2.45) is 5.73 Å². The molecule has 0 amide bonds. The second-order valence-electron chi connectivity index (χ2n) is 7.52. The number of hydrogen-bond acceptors (Lipinski definition) is 3. The van der Waals surface area contributed by atoms with Crippen molar-refractivity contribution in [3.05, 3.63) is 34.9 Å². The van der Waals surface area contributed by atoms with Gasteiger partial charge in [-0.05, 0) is 42.2 Å². The van der Waals surface area contributed by atoms with E-state index in [1.54, 1.807) is 0 Å². The molecule has 0 radical (unpaired) electrons. The molecule has 124 valence electrons. The number of nitrogens with zero attached hydrogens (tertiary/aromatic N) is 2. The van der Waals surface area contributed by atoms with Crippen LogP contribution in [-0.4, -0.2) is 43.0 Å². The summed E-state index contributed by atoms with van der Waals surface area (Å²) in [6, 6.07) is 7.89. The molecule has 3 nitrogen and oxygen atoms in total. The molecule has 0 saturated heterocycles. The molecule has 22 heavy (non-hydrogen) atoms. The highest BCUT2D eigenvalue weighted by Gasteiger charge is 2.33. The first-order chi connectivity index (χ1) is 10.3. The molecule has 2 rings (SSSR count). The monoisotopic (exact) mass is 303 g/mol. The average Bonchev–Trinajstić information content (AvgIpc) is 2.47. The normalized spacial score (nSPS) is 22.9. The van der Waals surface area contributed by atoms with Gasteiger partial charge in [0.2, 0.25) is 0 Å². The summed E-state index contributed by atoms with van der Waals surface area (Å²) in [5, 5.41) is 0. The maximum Gasteiger partial charge on any atom is 0.0478 e. The Labute approximate surface area is 136 Å². The van der Waals surface area contributed by atoms with E-state index < -0.39 is 0 Å². The molecule has 1 aliphatic heterocycles. The van der Waals surface area contributed by atoms with E-state index in [-0.39, 0.29) is 5.41 Å². The Morgan fingerprint density at radius 2 is 1.82 bits per heavy atom. The van der Waals surface area contributed by atoms with Crippen molar-refractivity contribution in [3.63, 3.8) is 0 Å². The van der Waals surface area contributed by atoms with Crippen LogP contribution < -0.4 is 5.73 Å². The van der Waals surface area contributed by atoms with Gasteiger partial charge in [0.25, 0.3) is 0 Å². The molecule has 3 heteroatoms. The first-order valence-corrected chi connectivity index (χ1v) is 8.62. The Hall–Kier alpha value is -0.900. The maximum atomic E-state index is 6.10. The number of benzene rings is 1. The first kappa shape index (κ1) is 17.5. The summed E-state index contributed by atoms with van der Waals surface area (Å²) in [6.07, 6.45) is 0. The first-order valence-electron chi connectivity index (χ1n) is 8.62. The van der Waals surface area contributed by atoms with Gasteiger partial charge >= 0.3 is 0 Å². The quantitative estimate of drug-likeness (QED) is 0.926. The molecule has 1 aliphatic rings. The third kappa shape index (κ3) is 3.22. The smallest absolute Gasteiger partial charge is 0.0478 e. The van der Waals surface area contributed by atoms with Crippen molar-refractivity contribution in [2.45, 2.75) is 52.1 Å². The van der Waals surface area contributed by atoms with Gasteiger partial charge in [-0.2, -0.15) is 0 Å². The SMILES string of the molecule is CCN(CC)C1CN(C)C(CN)c2cc(C(C)(C)C)ccc21. The highest BCUT2D eigenvalue weighted by atomic mass is 15.2. The molecule has 0 bridgehead atoms. The number of fused-ring (bicyclic) bond motifs is 1. The van der Waals surface area contributed by atoms with Crippen LogP contribution in [0, 0.1) is 0 Å².